The molecule has 0 unspecified atom stereocenters. The van der Waals surface area contributed by atoms with Crippen LogP contribution in [-0.2, 0) is 0 Å². The molecule has 2 fully saturated rings. The van der Waals surface area contributed by atoms with Gasteiger partial charge in [0.15, 0.2) is 0 Å². The molecule has 0 bridgehead atoms. The molecule has 1 aromatic carbocycles. The van der Waals surface area contributed by atoms with Crippen molar-refractivity contribution in [1.82, 2.24) is 14.7 Å². The SMILES string of the molecule is CC(C)N1CCN(C[C@@]2(O)CCN(C(=O)c3ccc(Cl)cc3)C[C@@H]2O)CC1. The highest BCUT2D eigenvalue weighted by atomic mass is 35.5. The summed E-state index contributed by atoms with van der Waals surface area (Å²) in [4.78, 5) is 18.9. The molecular weight excluding hydrogens is 366 g/mol. The third-order valence-electron chi connectivity index (χ3n) is 5.84. The van der Waals surface area contributed by atoms with Crippen molar-refractivity contribution in [2.75, 3.05) is 45.8 Å². The molecule has 6 nitrogen and oxygen atoms in total. The summed E-state index contributed by atoms with van der Waals surface area (Å²) in [7, 11) is 0. The van der Waals surface area contributed by atoms with E-state index in [0.717, 1.165) is 26.2 Å². The highest BCUT2D eigenvalue weighted by Crippen LogP contribution is 2.26. The van der Waals surface area contributed by atoms with Crippen LogP contribution in [0.5, 0.6) is 0 Å². The van der Waals surface area contributed by atoms with E-state index in [1.165, 1.54) is 0 Å². The van der Waals surface area contributed by atoms with Gasteiger partial charge in [-0.1, -0.05) is 11.6 Å². The van der Waals surface area contributed by atoms with E-state index in [9.17, 15) is 15.0 Å². The van der Waals surface area contributed by atoms with Crippen LogP contribution in [0.3, 0.4) is 0 Å². The number of amides is 1. The number of rotatable bonds is 4. The molecule has 0 saturated carbocycles. The average Bonchev–Trinajstić information content (AvgIpc) is 2.64. The van der Waals surface area contributed by atoms with Gasteiger partial charge in [0.05, 0.1) is 0 Å². The minimum atomic E-state index is -1.17. The van der Waals surface area contributed by atoms with E-state index in [4.69, 9.17) is 11.6 Å². The quantitative estimate of drug-likeness (QED) is 0.804. The van der Waals surface area contributed by atoms with Gasteiger partial charge in [0.1, 0.15) is 11.7 Å². The van der Waals surface area contributed by atoms with Gasteiger partial charge < -0.3 is 15.1 Å². The van der Waals surface area contributed by atoms with Crippen LogP contribution in [0.25, 0.3) is 0 Å². The second-order valence-corrected chi connectivity index (χ2v) is 8.47. The number of carbonyl (C=O) groups is 1. The Balaban J connectivity index is 1.56. The Morgan fingerprint density at radius 3 is 2.37 bits per heavy atom. The maximum Gasteiger partial charge on any atom is 0.253 e. The van der Waals surface area contributed by atoms with Crippen LogP contribution < -0.4 is 0 Å². The van der Waals surface area contributed by atoms with E-state index < -0.39 is 11.7 Å². The Labute approximate surface area is 166 Å². The zero-order chi connectivity index (χ0) is 19.6. The van der Waals surface area contributed by atoms with Crippen LogP contribution in [0.4, 0.5) is 0 Å². The Morgan fingerprint density at radius 2 is 1.81 bits per heavy atom. The molecule has 2 heterocycles. The first kappa shape index (κ1) is 20.6. The van der Waals surface area contributed by atoms with Gasteiger partial charge in [-0.2, -0.15) is 0 Å². The van der Waals surface area contributed by atoms with E-state index in [1.807, 2.05) is 0 Å². The van der Waals surface area contributed by atoms with Crippen LogP contribution in [0, 0.1) is 0 Å². The number of halogens is 1. The second-order valence-electron chi connectivity index (χ2n) is 8.03. The molecular formula is C20H30ClN3O3. The molecule has 1 aromatic rings. The average molecular weight is 396 g/mol. The molecule has 0 aromatic heterocycles. The van der Waals surface area contributed by atoms with Crippen LogP contribution in [-0.4, -0.2) is 94.4 Å². The number of piperidine rings is 1. The summed E-state index contributed by atoms with van der Waals surface area (Å²) in [6.45, 7) is 9.14. The number of piperazine rings is 1. The summed E-state index contributed by atoms with van der Waals surface area (Å²) in [5.74, 6) is -0.140. The lowest BCUT2D eigenvalue weighted by Crippen LogP contribution is -2.62. The molecule has 7 heteroatoms. The van der Waals surface area contributed by atoms with E-state index >= 15 is 0 Å². The van der Waals surface area contributed by atoms with Crippen molar-refractivity contribution in [3.8, 4) is 0 Å². The molecule has 2 N–H and O–H groups in total. The lowest BCUT2D eigenvalue weighted by atomic mass is 9.87. The minimum Gasteiger partial charge on any atom is -0.388 e. The van der Waals surface area contributed by atoms with Gasteiger partial charge in [-0.05, 0) is 44.5 Å². The van der Waals surface area contributed by atoms with Crippen molar-refractivity contribution in [3.05, 3.63) is 34.9 Å². The van der Waals surface area contributed by atoms with E-state index in [2.05, 4.69) is 23.6 Å². The van der Waals surface area contributed by atoms with Gasteiger partial charge in [0.25, 0.3) is 5.91 Å². The van der Waals surface area contributed by atoms with Gasteiger partial charge in [0, 0.05) is 62.4 Å². The molecule has 2 aliphatic rings. The molecule has 1 amide bonds. The molecule has 150 valence electrons. The van der Waals surface area contributed by atoms with E-state index in [0.29, 0.717) is 36.1 Å². The Bertz CT molecular complexity index is 646. The predicted molar refractivity (Wildman–Crippen MR) is 106 cm³/mol. The molecule has 0 aliphatic carbocycles. The highest BCUT2D eigenvalue weighted by molar-refractivity contribution is 6.30. The minimum absolute atomic E-state index is 0.140. The first-order chi connectivity index (χ1) is 12.8. The lowest BCUT2D eigenvalue weighted by Gasteiger charge is -2.46. The summed E-state index contributed by atoms with van der Waals surface area (Å²) >= 11 is 5.88. The van der Waals surface area contributed by atoms with Gasteiger partial charge >= 0.3 is 0 Å². The van der Waals surface area contributed by atoms with Crippen molar-refractivity contribution in [3.63, 3.8) is 0 Å². The summed E-state index contributed by atoms with van der Waals surface area (Å²) in [6.07, 6.45) is -0.580. The third-order valence-corrected chi connectivity index (χ3v) is 6.09. The molecule has 2 saturated heterocycles. The van der Waals surface area contributed by atoms with Gasteiger partial charge in [-0.3, -0.25) is 14.6 Å². The maximum absolute atomic E-state index is 12.6. The van der Waals surface area contributed by atoms with Crippen LogP contribution >= 0.6 is 11.6 Å². The summed E-state index contributed by atoms with van der Waals surface area (Å²) in [5, 5.41) is 22.2. The topological polar surface area (TPSA) is 67.2 Å². The zero-order valence-electron chi connectivity index (χ0n) is 16.1. The fourth-order valence-corrected chi connectivity index (χ4v) is 4.06. The predicted octanol–water partition coefficient (Wildman–Crippen LogP) is 1.30. The lowest BCUT2D eigenvalue weighted by molar-refractivity contribution is -0.128. The van der Waals surface area contributed by atoms with Gasteiger partial charge in [-0.25, -0.2) is 0 Å². The molecule has 0 spiro atoms. The van der Waals surface area contributed by atoms with Crippen molar-refractivity contribution in [2.24, 2.45) is 0 Å². The summed E-state index contributed by atoms with van der Waals surface area (Å²) < 4.78 is 0. The fraction of sp³-hybridized carbons (Fsp3) is 0.650. The number of β-amino-alcohol motifs (C(OH)–C–C–N with tert-alkyl or cyclic N) is 2. The summed E-state index contributed by atoms with van der Waals surface area (Å²) in [5.41, 5.74) is -0.626. The Hall–Kier alpha value is -1.18. The van der Waals surface area contributed by atoms with E-state index in [-0.39, 0.29) is 12.5 Å². The number of likely N-dealkylation sites (tertiary alicyclic amines) is 1. The number of nitrogens with zero attached hydrogens (tertiary/aromatic N) is 3. The smallest absolute Gasteiger partial charge is 0.253 e. The molecule has 2 atom stereocenters. The highest BCUT2D eigenvalue weighted by Gasteiger charge is 2.43. The van der Waals surface area contributed by atoms with Crippen LogP contribution in [0.15, 0.2) is 24.3 Å². The number of carbonyl (C=O) groups excluding carboxylic acids is 1. The van der Waals surface area contributed by atoms with Crippen LogP contribution in [0.1, 0.15) is 30.6 Å². The first-order valence-corrected chi connectivity index (χ1v) is 10.1. The Morgan fingerprint density at radius 1 is 1.19 bits per heavy atom. The first-order valence-electron chi connectivity index (χ1n) is 9.70. The summed E-state index contributed by atoms with van der Waals surface area (Å²) in [6, 6.07) is 7.27. The van der Waals surface area contributed by atoms with Crippen molar-refractivity contribution in [1.29, 1.82) is 0 Å². The number of aliphatic hydroxyl groups excluding tert-OH is 1. The zero-order valence-corrected chi connectivity index (χ0v) is 16.9. The third kappa shape index (κ3) is 4.81. The van der Waals surface area contributed by atoms with Crippen molar-refractivity contribution < 1.29 is 15.0 Å². The number of hydrogen-bond donors (Lipinski definition) is 2. The number of hydrogen-bond acceptors (Lipinski definition) is 5. The second kappa shape index (κ2) is 8.45. The van der Waals surface area contributed by atoms with Gasteiger partial charge in [0.2, 0.25) is 0 Å². The fourth-order valence-electron chi connectivity index (χ4n) is 3.93. The van der Waals surface area contributed by atoms with E-state index in [1.54, 1.807) is 29.2 Å². The van der Waals surface area contributed by atoms with Gasteiger partial charge in [-0.15, -0.1) is 0 Å². The largest absolute Gasteiger partial charge is 0.388 e. The van der Waals surface area contributed by atoms with Crippen molar-refractivity contribution >= 4 is 17.5 Å². The molecule has 2 aliphatic heterocycles. The maximum atomic E-state index is 12.6. The Kier molecular flexibility index (Phi) is 6.43. The van der Waals surface area contributed by atoms with Crippen LogP contribution in [0.2, 0.25) is 5.02 Å². The molecule has 3 rings (SSSR count). The van der Waals surface area contributed by atoms with Crippen molar-refractivity contribution in [2.45, 2.75) is 38.0 Å². The monoisotopic (exact) mass is 395 g/mol. The standard InChI is InChI=1S/C20H30ClN3O3/c1-15(2)23-11-9-22(10-12-23)14-20(27)7-8-24(13-18(20)25)19(26)16-3-5-17(21)6-4-16/h3-6,15,18,25,27H,7-14H2,1-2H3/t18-,20-/m0/s1. The molecule has 0 radical (unpaired) electrons. The number of aliphatic hydroxyl groups is 2. The number of benzene rings is 1. The molecule has 27 heavy (non-hydrogen) atoms. The normalized spacial score (nSPS) is 27.9.